The minimum absolute atomic E-state index is 0.336. The highest BCUT2D eigenvalue weighted by atomic mass is 16.7. The van der Waals surface area contributed by atoms with Gasteiger partial charge in [0, 0.05) is 0 Å². The predicted molar refractivity (Wildman–Crippen MR) is 99.4 cm³/mol. The molecule has 0 radical (unpaired) electrons. The van der Waals surface area contributed by atoms with Gasteiger partial charge in [-0.3, -0.25) is 0 Å². The Hall–Kier alpha value is -2.11. The Morgan fingerprint density at radius 1 is 0.917 bits per heavy atom. The second kappa shape index (κ2) is 6.08. The van der Waals surface area contributed by atoms with Crippen LogP contribution in [0.3, 0.4) is 0 Å². The van der Waals surface area contributed by atoms with E-state index in [0.29, 0.717) is 0 Å². The molecule has 0 saturated carbocycles. The third-order valence-corrected chi connectivity index (χ3v) is 4.88. The Bertz CT molecular complexity index is 738. The molecular weight excluding hydrogens is 299 g/mol. The Balaban J connectivity index is 1.87. The fourth-order valence-electron chi connectivity index (χ4n) is 2.69. The fraction of sp³-hybridized carbons (Fsp3) is 0.316. The summed E-state index contributed by atoms with van der Waals surface area (Å²) in [5, 5.41) is 3.54. The van der Waals surface area contributed by atoms with Crippen molar-refractivity contribution in [3.63, 3.8) is 0 Å². The number of hydrogen-bond donors (Lipinski definition) is 1. The second-order valence-corrected chi connectivity index (χ2v) is 7.11. The molecule has 124 valence electrons. The lowest BCUT2D eigenvalue weighted by molar-refractivity contribution is 0.00578. The summed E-state index contributed by atoms with van der Waals surface area (Å²) in [5.41, 5.74) is 3.58. The van der Waals surface area contributed by atoms with Crippen molar-refractivity contribution < 1.29 is 9.31 Å². The van der Waals surface area contributed by atoms with E-state index in [1.54, 1.807) is 6.21 Å². The van der Waals surface area contributed by atoms with Gasteiger partial charge >= 0.3 is 7.12 Å². The van der Waals surface area contributed by atoms with Crippen molar-refractivity contribution in [1.29, 1.82) is 0 Å². The van der Waals surface area contributed by atoms with Crippen molar-refractivity contribution in [1.82, 2.24) is 0 Å². The van der Waals surface area contributed by atoms with E-state index in [9.17, 15) is 0 Å². The van der Waals surface area contributed by atoms with Gasteiger partial charge in [0.25, 0.3) is 0 Å². The van der Waals surface area contributed by atoms with E-state index in [2.05, 4.69) is 57.1 Å². The standard InChI is InChI=1S/C19H23BN2O2/c1-18(2)19(3,4)24-20(23-18)17-7-5-6-16(12-17)15-10-8-14(9-11-15)13-22-21/h5-13H,21H2,1-4H3. The molecule has 0 aliphatic carbocycles. The van der Waals surface area contributed by atoms with Crippen LogP contribution < -0.4 is 11.3 Å². The highest BCUT2D eigenvalue weighted by molar-refractivity contribution is 6.62. The topological polar surface area (TPSA) is 56.8 Å². The van der Waals surface area contributed by atoms with E-state index in [1.165, 1.54) is 0 Å². The van der Waals surface area contributed by atoms with Crippen LogP contribution in [0.2, 0.25) is 0 Å². The molecule has 0 unspecified atom stereocenters. The lowest BCUT2D eigenvalue weighted by atomic mass is 9.78. The zero-order valence-electron chi connectivity index (χ0n) is 14.6. The molecule has 3 rings (SSSR count). The van der Waals surface area contributed by atoms with E-state index >= 15 is 0 Å². The van der Waals surface area contributed by atoms with Crippen molar-refractivity contribution in [2.24, 2.45) is 10.9 Å². The van der Waals surface area contributed by atoms with Gasteiger partial charge in [0.1, 0.15) is 0 Å². The molecule has 2 N–H and O–H groups in total. The van der Waals surface area contributed by atoms with E-state index in [-0.39, 0.29) is 18.3 Å². The molecule has 2 aromatic rings. The average molecular weight is 322 g/mol. The minimum atomic E-state index is -0.349. The van der Waals surface area contributed by atoms with E-state index in [4.69, 9.17) is 15.2 Å². The van der Waals surface area contributed by atoms with Gasteiger partial charge < -0.3 is 15.2 Å². The number of benzene rings is 2. The quantitative estimate of drug-likeness (QED) is 0.409. The zero-order chi connectivity index (χ0) is 17.4. The van der Waals surface area contributed by atoms with Gasteiger partial charge in [0.2, 0.25) is 0 Å². The third-order valence-electron chi connectivity index (χ3n) is 4.88. The fourth-order valence-corrected chi connectivity index (χ4v) is 2.69. The lowest BCUT2D eigenvalue weighted by Crippen LogP contribution is -2.41. The molecule has 1 aliphatic heterocycles. The first-order valence-corrected chi connectivity index (χ1v) is 8.12. The Morgan fingerprint density at radius 2 is 1.54 bits per heavy atom. The normalized spacial score (nSPS) is 19.1. The Morgan fingerprint density at radius 3 is 2.12 bits per heavy atom. The lowest BCUT2D eigenvalue weighted by Gasteiger charge is -2.32. The molecule has 0 bridgehead atoms. The van der Waals surface area contributed by atoms with Crippen molar-refractivity contribution in [2.45, 2.75) is 38.9 Å². The largest absolute Gasteiger partial charge is 0.494 e. The first kappa shape index (κ1) is 16.7. The number of nitrogens with two attached hydrogens (primary N) is 1. The smallest absolute Gasteiger partial charge is 0.399 e. The molecule has 0 spiro atoms. The monoisotopic (exact) mass is 322 g/mol. The maximum Gasteiger partial charge on any atom is 0.494 e. The molecule has 1 aliphatic rings. The summed E-state index contributed by atoms with van der Waals surface area (Å²) >= 11 is 0. The summed E-state index contributed by atoms with van der Waals surface area (Å²) in [7, 11) is -0.349. The Kier molecular flexibility index (Phi) is 4.24. The zero-order valence-corrected chi connectivity index (χ0v) is 14.6. The molecule has 0 aromatic heterocycles. The van der Waals surface area contributed by atoms with Crippen LogP contribution in [0.1, 0.15) is 33.3 Å². The summed E-state index contributed by atoms with van der Waals surface area (Å²) in [4.78, 5) is 0. The number of hydrazone groups is 1. The van der Waals surface area contributed by atoms with Gasteiger partial charge in [0.05, 0.1) is 17.4 Å². The van der Waals surface area contributed by atoms with Gasteiger partial charge in [-0.15, -0.1) is 0 Å². The molecular formula is C19H23BN2O2. The second-order valence-electron chi connectivity index (χ2n) is 7.11. The number of nitrogens with zero attached hydrogens (tertiary/aromatic N) is 1. The van der Waals surface area contributed by atoms with Crippen LogP contribution in [-0.2, 0) is 9.31 Å². The molecule has 5 heteroatoms. The van der Waals surface area contributed by atoms with Crippen LogP contribution in [0.25, 0.3) is 11.1 Å². The summed E-state index contributed by atoms with van der Waals surface area (Å²) in [6.07, 6.45) is 1.63. The molecule has 1 heterocycles. The predicted octanol–water partition coefficient (Wildman–Crippen LogP) is 2.95. The minimum Gasteiger partial charge on any atom is -0.399 e. The van der Waals surface area contributed by atoms with Crippen molar-refractivity contribution in [2.75, 3.05) is 0 Å². The molecule has 0 atom stereocenters. The molecule has 24 heavy (non-hydrogen) atoms. The summed E-state index contributed by atoms with van der Waals surface area (Å²) < 4.78 is 12.3. The van der Waals surface area contributed by atoms with Crippen molar-refractivity contribution >= 4 is 18.8 Å². The van der Waals surface area contributed by atoms with Crippen LogP contribution in [0.15, 0.2) is 53.6 Å². The van der Waals surface area contributed by atoms with Crippen LogP contribution >= 0.6 is 0 Å². The van der Waals surface area contributed by atoms with Gasteiger partial charge in [-0.1, -0.05) is 48.5 Å². The van der Waals surface area contributed by atoms with Gasteiger partial charge in [-0.05, 0) is 49.8 Å². The van der Waals surface area contributed by atoms with Crippen LogP contribution in [0.5, 0.6) is 0 Å². The van der Waals surface area contributed by atoms with Crippen LogP contribution in [0, 0.1) is 0 Å². The van der Waals surface area contributed by atoms with Crippen LogP contribution in [-0.4, -0.2) is 24.5 Å². The van der Waals surface area contributed by atoms with Gasteiger partial charge in [-0.25, -0.2) is 0 Å². The molecule has 2 aromatic carbocycles. The SMILES string of the molecule is CC1(C)OB(c2cccc(-c3ccc(C=NN)cc3)c2)OC1(C)C. The van der Waals surface area contributed by atoms with E-state index < -0.39 is 0 Å². The molecule has 1 fully saturated rings. The molecule has 1 saturated heterocycles. The number of rotatable bonds is 3. The Labute approximate surface area is 143 Å². The molecule has 0 amide bonds. The van der Waals surface area contributed by atoms with E-state index in [0.717, 1.165) is 22.2 Å². The molecule has 4 nitrogen and oxygen atoms in total. The number of hydrogen-bond acceptors (Lipinski definition) is 4. The van der Waals surface area contributed by atoms with Gasteiger partial charge in [0.15, 0.2) is 0 Å². The average Bonchev–Trinajstić information content (AvgIpc) is 2.77. The first-order chi connectivity index (χ1) is 11.3. The van der Waals surface area contributed by atoms with Gasteiger partial charge in [-0.2, -0.15) is 5.10 Å². The summed E-state index contributed by atoms with van der Waals surface area (Å²) in [5.74, 6) is 5.18. The maximum atomic E-state index is 6.14. The first-order valence-electron chi connectivity index (χ1n) is 8.12. The highest BCUT2D eigenvalue weighted by Crippen LogP contribution is 2.36. The summed E-state index contributed by atoms with van der Waals surface area (Å²) in [6, 6.07) is 16.4. The van der Waals surface area contributed by atoms with Crippen molar-refractivity contribution in [3.8, 4) is 11.1 Å². The summed E-state index contributed by atoms with van der Waals surface area (Å²) in [6.45, 7) is 8.26. The van der Waals surface area contributed by atoms with E-state index in [1.807, 2.05) is 24.3 Å². The van der Waals surface area contributed by atoms with Crippen molar-refractivity contribution in [3.05, 3.63) is 54.1 Å². The highest BCUT2D eigenvalue weighted by Gasteiger charge is 2.51. The van der Waals surface area contributed by atoms with Crippen LogP contribution in [0.4, 0.5) is 0 Å². The maximum absolute atomic E-state index is 6.14. The third kappa shape index (κ3) is 3.10.